The molecule has 0 aliphatic heterocycles. The third-order valence-corrected chi connectivity index (χ3v) is 5.57. The van der Waals surface area contributed by atoms with E-state index in [1.54, 1.807) is 5.19 Å². The van der Waals surface area contributed by atoms with Gasteiger partial charge in [-0.2, -0.15) is 0 Å². The maximum Gasteiger partial charge on any atom is 0.0589 e. The Kier molecular flexibility index (Phi) is 5.96. The fourth-order valence-corrected chi connectivity index (χ4v) is 3.97. The molecule has 0 aliphatic carbocycles. The summed E-state index contributed by atoms with van der Waals surface area (Å²) in [5, 5.41) is 1.55. The molecule has 0 N–H and O–H groups in total. The number of benzene rings is 1. The molecule has 0 saturated carbocycles. The summed E-state index contributed by atoms with van der Waals surface area (Å²) < 4.78 is 0. The van der Waals surface area contributed by atoms with Gasteiger partial charge in [0.2, 0.25) is 0 Å². The Hall–Kier alpha value is -0.273. The van der Waals surface area contributed by atoms with E-state index in [4.69, 9.17) is 11.6 Å². The SMILES string of the molecule is CCCC[C@@H](CCl)[SiH2]c1ccccc1. The minimum atomic E-state index is -0.150. The average molecular weight is 227 g/mol. The van der Waals surface area contributed by atoms with Crippen molar-refractivity contribution in [2.45, 2.75) is 31.7 Å². The predicted molar refractivity (Wildman–Crippen MR) is 68.6 cm³/mol. The van der Waals surface area contributed by atoms with Gasteiger partial charge in [-0.3, -0.25) is 0 Å². The first-order valence-electron chi connectivity index (χ1n) is 5.46. The molecule has 2 heteroatoms. The van der Waals surface area contributed by atoms with Crippen molar-refractivity contribution in [3.8, 4) is 0 Å². The lowest BCUT2D eigenvalue weighted by atomic mass is 10.2. The molecule has 0 amide bonds. The second kappa shape index (κ2) is 7.08. The molecule has 0 radical (unpaired) electrons. The summed E-state index contributed by atoms with van der Waals surface area (Å²) in [6.07, 6.45) is 3.94. The van der Waals surface area contributed by atoms with Crippen molar-refractivity contribution >= 4 is 26.3 Å². The number of unbranched alkanes of at least 4 members (excludes halogenated alkanes) is 1. The largest absolute Gasteiger partial charge is 0.127 e. The van der Waals surface area contributed by atoms with Crippen LogP contribution in [-0.2, 0) is 0 Å². The molecule has 0 aromatic heterocycles. The molecule has 0 fully saturated rings. The lowest BCUT2D eigenvalue weighted by Gasteiger charge is -2.12. The molecular weight excluding hydrogens is 208 g/mol. The normalized spacial score (nSPS) is 13.6. The van der Waals surface area contributed by atoms with Crippen molar-refractivity contribution in [3.63, 3.8) is 0 Å². The first-order valence-corrected chi connectivity index (χ1v) is 7.52. The summed E-state index contributed by atoms with van der Waals surface area (Å²) in [5.74, 6) is 0.848. The summed E-state index contributed by atoms with van der Waals surface area (Å²) in [5.41, 5.74) is 0.791. The molecule has 0 heterocycles. The molecule has 0 aliphatic rings. The second-order valence-electron chi connectivity index (χ2n) is 3.85. The molecule has 1 atom stereocenters. The van der Waals surface area contributed by atoms with Gasteiger partial charge in [0.15, 0.2) is 0 Å². The Morgan fingerprint density at radius 1 is 1.29 bits per heavy atom. The second-order valence-corrected chi connectivity index (χ2v) is 6.54. The number of halogens is 1. The standard InChI is InChI=1S/C12H19ClSi/c1-2-3-7-12(10-13)14-11-8-5-4-6-9-11/h4-6,8-9,12H,2-3,7,10,14H2,1H3/t12-/m0/s1. The monoisotopic (exact) mass is 226 g/mol. The van der Waals surface area contributed by atoms with Crippen LogP contribution in [0.4, 0.5) is 0 Å². The van der Waals surface area contributed by atoms with Gasteiger partial charge in [-0.25, -0.2) is 0 Å². The summed E-state index contributed by atoms with van der Waals surface area (Å²) >= 11 is 5.99. The van der Waals surface area contributed by atoms with Crippen molar-refractivity contribution in [2.75, 3.05) is 5.88 Å². The van der Waals surface area contributed by atoms with Crippen LogP contribution in [0.5, 0.6) is 0 Å². The molecule has 1 aromatic carbocycles. The molecule has 14 heavy (non-hydrogen) atoms. The zero-order valence-corrected chi connectivity index (χ0v) is 11.0. The Bertz CT molecular complexity index is 235. The molecule has 0 bridgehead atoms. The molecule has 78 valence electrons. The topological polar surface area (TPSA) is 0 Å². The fraction of sp³-hybridized carbons (Fsp3) is 0.500. The zero-order valence-electron chi connectivity index (χ0n) is 8.88. The van der Waals surface area contributed by atoms with Gasteiger partial charge >= 0.3 is 0 Å². The third-order valence-electron chi connectivity index (χ3n) is 2.55. The molecular formula is C12H19ClSi. The van der Waals surface area contributed by atoms with E-state index < -0.39 is 0 Å². The molecule has 0 nitrogen and oxygen atoms in total. The van der Waals surface area contributed by atoms with Crippen molar-refractivity contribution in [3.05, 3.63) is 30.3 Å². The molecule has 0 spiro atoms. The summed E-state index contributed by atoms with van der Waals surface area (Å²) in [4.78, 5) is 0. The summed E-state index contributed by atoms with van der Waals surface area (Å²) in [6, 6.07) is 10.8. The summed E-state index contributed by atoms with van der Waals surface area (Å²) in [6.45, 7) is 2.25. The van der Waals surface area contributed by atoms with Gasteiger partial charge < -0.3 is 0 Å². The van der Waals surface area contributed by atoms with E-state index >= 15 is 0 Å². The molecule has 0 saturated heterocycles. The van der Waals surface area contributed by atoms with Crippen LogP contribution >= 0.6 is 11.6 Å². The van der Waals surface area contributed by atoms with E-state index in [0.29, 0.717) is 0 Å². The number of alkyl halides is 1. The Morgan fingerprint density at radius 3 is 2.57 bits per heavy atom. The van der Waals surface area contributed by atoms with Gasteiger partial charge in [0.1, 0.15) is 0 Å². The lowest BCUT2D eigenvalue weighted by molar-refractivity contribution is 0.701. The van der Waals surface area contributed by atoms with Gasteiger partial charge in [-0.1, -0.05) is 61.7 Å². The van der Waals surface area contributed by atoms with E-state index in [-0.39, 0.29) is 9.52 Å². The maximum absolute atomic E-state index is 5.99. The fourth-order valence-electron chi connectivity index (χ4n) is 1.67. The Balaban J connectivity index is 2.40. The highest BCUT2D eigenvalue weighted by Crippen LogP contribution is 2.14. The van der Waals surface area contributed by atoms with Crippen molar-refractivity contribution < 1.29 is 0 Å². The lowest BCUT2D eigenvalue weighted by Crippen LogP contribution is -2.20. The van der Waals surface area contributed by atoms with Crippen LogP contribution < -0.4 is 5.19 Å². The molecule has 1 rings (SSSR count). The van der Waals surface area contributed by atoms with Gasteiger partial charge in [-0.15, -0.1) is 11.6 Å². The van der Waals surface area contributed by atoms with Crippen LogP contribution in [0, 0.1) is 0 Å². The highest BCUT2D eigenvalue weighted by molar-refractivity contribution is 6.56. The quantitative estimate of drug-likeness (QED) is 0.517. The van der Waals surface area contributed by atoms with Gasteiger partial charge in [-0.05, 0) is 5.54 Å². The van der Waals surface area contributed by atoms with Crippen LogP contribution in [0.25, 0.3) is 0 Å². The van der Waals surface area contributed by atoms with Crippen LogP contribution in [0.1, 0.15) is 26.2 Å². The minimum absolute atomic E-state index is 0.150. The highest BCUT2D eigenvalue weighted by atomic mass is 35.5. The minimum Gasteiger partial charge on any atom is -0.127 e. The van der Waals surface area contributed by atoms with E-state index in [1.165, 1.54) is 19.3 Å². The number of hydrogen-bond donors (Lipinski definition) is 0. The average Bonchev–Trinajstić information content (AvgIpc) is 2.25. The number of rotatable bonds is 6. The molecule has 0 unspecified atom stereocenters. The third kappa shape index (κ3) is 4.29. The predicted octanol–water partition coefficient (Wildman–Crippen LogP) is 2.70. The Morgan fingerprint density at radius 2 is 2.00 bits per heavy atom. The van der Waals surface area contributed by atoms with Crippen LogP contribution in [0.3, 0.4) is 0 Å². The van der Waals surface area contributed by atoms with E-state index in [1.807, 2.05) is 0 Å². The van der Waals surface area contributed by atoms with Crippen LogP contribution in [0.2, 0.25) is 5.54 Å². The summed E-state index contributed by atoms with van der Waals surface area (Å²) in [7, 11) is -0.150. The van der Waals surface area contributed by atoms with Crippen molar-refractivity contribution in [1.82, 2.24) is 0 Å². The van der Waals surface area contributed by atoms with Gasteiger partial charge in [0.25, 0.3) is 0 Å². The molecule has 1 aromatic rings. The number of hydrogen-bond acceptors (Lipinski definition) is 0. The maximum atomic E-state index is 5.99. The van der Waals surface area contributed by atoms with Crippen molar-refractivity contribution in [2.24, 2.45) is 0 Å². The van der Waals surface area contributed by atoms with Crippen molar-refractivity contribution in [1.29, 1.82) is 0 Å². The van der Waals surface area contributed by atoms with Gasteiger partial charge in [0, 0.05) is 5.88 Å². The van der Waals surface area contributed by atoms with Crippen LogP contribution in [-0.4, -0.2) is 15.4 Å². The van der Waals surface area contributed by atoms with E-state index in [9.17, 15) is 0 Å². The van der Waals surface area contributed by atoms with Crippen LogP contribution in [0.15, 0.2) is 30.3 Å². The van der Waals surface area contributed by atoms with Gasteiger partial charge in [0.05, 0.1) is 9.52 Å². The smallest absolute Gasteiger partial charge is 0.0589 e. The first kappa shape index (κ1) is 11.8. The Labute approximate surface area is 94.5 Å². The van der Waals surface area contributed by atoms with E-state index in [0.717, 1.165) is 11.4 Å². The first-order chi connectivity index (χ1) is 6.86. The zero-order chi connectivity index (χ0) is 10.2. The highest BCUT2D eigenvalue weighted by Gasteiger charge is 2.08. The van der Waals surface area contributed by atoms with E-state index in [2.05, 4.69) is 37.3 Å².